The fraction of sp³-hybridized carbons (Fsp3) is 0.316. The molecular weight excluding hydrogens is 274 g/mol. The molecule has 0 spiro atoms. The van der Waals surface area contributed by atoms with E-state index in [9.17, 15) is 4.79 Å². The number of unbranched alkanes of at least 4 members (excludes halogenated alkanes) is 1. The van der Waals surface area contributed by atoms with Crippen molar-refractivity contribution in [1.82, 2.24) is 0 Å². The molecular formula is C19H21NO2. The van der Waals surface area contributed by atoms with E-state index >= 15 is 0 Å². The Morgan fingerprint density at radius 2 is 1.86 bits per heavy atom. The minimum absolute atomic E-state index is 0.0737. The molecule has 0 saturated heterocycles. The summed E-state index contributed by atoms with van der Waals surface area (Å²) in [5, 5.41) is 2.96. The van der Waals surface area contributed by atoms with Gasteiger partial charge < -0.3 is 10.1 Å². The van der Waals surface area contributed by atoms with Crippen LogP contribution in [0.15, 0.2) is 48.5 Å². The van der Waals surface area contributed by atoms with Gasteiger partial charge in [0.05, 0.1) is 12.5 Å². The minimum Gasteiger partial charge on any atom is -0.493 e. The molecule has 0 saturated carbocycles. The number of nitrogens with one attached hydrogen (secondary N) is 1. The van der Waals surface area contributed by atoms with Gasteiger partial charge >= 0.3 is 0 Å². The van der Waals surface area contributed by atoms with Crippen molar-refractivity contribution < 1.29 is 9.53 Å². The molecule has 0 aromatic heterocycles. The predicted octanol–water partition coefficient (Wildman–Crippen LogP) is 4.14. The van der Waals surface area contributed by atoms with E-state index in [0.29, 0.717) is 6.42 Å². The van der Waals surface area contributed by atoms with Gasteiger partial charge in [-0.2, -0.15) is 0 Å². The van der Waals surface area contributed by atoms with Crippen LogP contribution in [0.5, 0.6) is 5.75 Å². The van der Waals surface area contributed by atoms with E-state index in [-0.39, 0.29) is 11.8 Å². The van der Waals surface area contributed by atoms with Crippen LogP contribution < -0.4 is 10.1 Å². The summed E-state index contributed by atoms with van der Waals surface area (Å²) < 4.78 is 5.88. The number of ether oxygens (including phenoxy) is 1. The molecule has 1 aliphatic heterocycles. The number of rotatable bonds is 6. The zero-order valence-corrected chi connectivity index (χ0v) is 12.8. The van der Waals surface area contributed by atoms with E-state index in [1.165, 1.54) is 0 Å². The van der Waals surface area contributed by atoms with Crippen LogP contribution in [0.1, 0.15) is 36.8 Å². The number of para-hydroxylation sites is 2. The number of anilines is 1. The number of benzene rings is 2. The van der Waals surface area contributed by atoms with Crippen LogP contribution in [0.2, 0.25) is 0 Å². The van der Waals surface area contributed by atoms with E-state index in [2.05, 4.69) is 18.3 Å². The van der Waals surface area contributed by atoms with E-state index in [1.807, 2.05) is 42.5 Å². The van der Waals surface area contributed by atoms with Crippen LogP contribution >= 0.6 is 0 Å². The highest BCUT2D eigenvalue weighted by atomic mass is 16.5. The fourth-order valence-corrected chi connectivity index (χ4v) is 2.84. The number of carbonyl (C=O) groups excluding carboxylic acids is 1. The lowest BCUT2D eigenvalue weighted by Gasteiger charge is -2.14. The Morgan fingerprint density at radius 1 is 1.09 bits per heavy atom. The van der Waals surface area contributed by atoms with Crippen LogP contribution in [-0.4, -0.2) is 12.5 Å². The largest absolute Gasteiger partial charge is 0.493 e. The fourth-order valence-electron chi connectivity index (χ4n) is 2.84. The lowest BCUT2D eigenvalue weighted by molar-refractivity contribution is -0.117. The molecule has 0 radical (unpaired) electrons. The molecule has 22 heavy (non-hydrogen) atoms. The summed E-state index contributed by atoms with van der Waals surface area (Å²) in [5.41, 5.74) is 3.10. The molecule has 0 fully saturated rings. The molecule has 2 aromatic rings. The molecule has 2 aromatic carbocycles. The second-order valence-corrected chi connectivity index (χ2v) is 5.64. The van der Waals surface area contributed by atoms with Crippen molar-refractivity contribution in [2.24, 2.45) is 0 Å². The van der Waals surface area contributed by atoms with E-state index < -0.39 is 0 Å². The summed E-state index contributed by atoms with van der Waals surface area (Å²) in [4.78, 5) is 12.3. The first-order chi connectivity index (χ1) is 10.8. The predicted molar refractivity (Wildman–Crippen MR) is 88.4 cm³/mol. The van der Waals surface area contributed by atoms with Crippen molar-refractivity contribution in [1.29, 1.82) is 0 Å². The Balaban J connectivity index is 1.80. The highest BCUT2D eigenvalue weighted by Gasteiger charge is 2.30. The molecule has 1 amide bonds. The molecule has 1 aliphatic rings. The Hall–Kier alpha value is -2.29. The van der Waals surface area contributed by atoms with Crippen molar-refractivity contribution in [3.8, 4) is 5.75 Å². The van der Waals surface area contributed by atoms with E-state index in [0.717, 1.165) is 42.0 Å². The van der Waals surface area contributed by atoms with Crippen molar-refractivity contribution in [3.05, 3.63) is 59.7 Å². The summed E-state index contributed by atoms with van der Waals surface area (Å²) in [7, 11) is 0. The number of fused-ring (bicyclic) bond motifs is 1. The van der Waals surface area contributed by atoms with Gasteiger partial charge in [-0.25, -0.2) is 0 Å². The first kappa shape index (κ1) is 14.6. The molecule has 3 heteroatoms. The highest BCUT2D eigenvalue weighted by Crippen LogP contribution is 2.36. The maximum Gasteiger partial charge on any atom is 0.232 e. The maximum atomic E-state index is 12.3. The van der Waals surface area contributed by atoms with Crippen LogP contribution in [0.3, 0.4) is 0 Å². The number of hydrogen-bond acceptors (Lipinski definition) is 2. The summed E-state index contributed by atoms with van der Waals surface area (Å²) in [6.07, 6.45) is 2.83. The molecule has 0 bridgehead atoms. The monoisotopic (exact) mass is 295 g/mol. The Morgan fingerprint density at radius 3 is 2.73 bits per heavy atom. The van der Waals surface area contributed by atoms with Gasteiger partial charge in [-0.3, -0.25) is 4.79 Å². The van der Waals surface area contributed by atoms with Crippen LogP contribution in [-0.2, 0) is 11.2 Å². The summed E-state index contributed by atoms with van der Waals surface area (Å²) in [5.74, 6) is 0.838. The molecule has 3 nitrogen and oxygen atoms in total. The average Bonchev–Trinajstić information content (AvgIpc) is 2.85. The van der Waals surface area contributed by atoms with Gasteiger partial charge in [0, 0.05) is 5.69 Å². The SMILES string of the molecule is CCCCOc1ccccc1C[C@H]1C(=O)Nc2ccccc21. The van der Waals surface area contributed by atoms with E-state index in [4.69, 9.17) is 4.74 Å². The third kappa shape index (κ3) is 2.98. The Labute approximate surface area is 131 Å². The highest BCUT2D eigenvalue weighted by molar-refractivity contribution is 6.03. The zero-order valence-electron chi connectivity index (χ0n) is 12.8. The lowest BCUT2D eigenvalue weighted by Crippen LogP contribution is -2.15. The van der Waals surface area contributed by atoms with Gasteiger partial charge in [0.2, 0.25) is 5.91 Å². The van der Waals surface area contributed by atoms with Gasteiger partial charge in [0.25, 0.3) is 0 Å². The number of carbonyl (C=O) groups is 1. The smallest absolute Gasteiger partial charge is 0.232 e. The topological polar surface area (TPSA) is 38.3 Å². The third-order valence-corrected chi connectivity index (χ3v) is 4.06. The van der Waals surface area contributed by atoms with Crippen molar-refractivity contribution >= 4 is 11.6 Å². The van der Waals surface area contributed by atoms with Gasteiger partial charge in [0.15, 0.2) is 0 Å². The number of amides is 1. The van der Waals surface area contributed by atoms with Crippen LogP contribution in [0.4, 0.5) is 5.69 Å². The summed E-state index contributed by atoms with van der Waals surface area (Å²) in [6.45, 7) is 2.87. The first-order valence-electron chi connectivity index (χ1n) is 7.90. The number of hydrogen-bond donors (Lipinski definition) is 1. The second kappa shape index (κ2) is 6.65. The average molecular weight is 295 g/mol. The summed E-state index contributed by atoms with van der Waals surface area (Å²) in [6, 6.07) is 15.9. The van der Waals surface area contributed by atoms with Gasteiger partial charge in [0.1, 0.15) is 5.75 Å². The molecule has 1 heterocycles. The van der Waals surface area contributed by atoms with E-state index in [1.54, 1.807) is 0 Å². The van der Waals surface area contributed by atoms with Crippen molar-refractivity contribution in [2.75, 3.05) is 11.9 Å². The Bertz CT molecular complexity index is 666. The van der Waals surface area contributed by atoms with Crippen molar-refractivity contribution in [2.45, 2.75) is 32.1 Å². The third-order valence-electron chi connectivity index (χ3n) is 4.06. The molecule has 3 rings (SSSR count). The van der Waals surface area contributed by atoms with Crippen LogP contribution in [0.25, 0.3) is 0 Å². The Kier molecular flexibility index (Phi) is 4.42. The summed E-state index contributed by atoms with van der Waals surface area (Å²) >= 11 is 0. The van der Waals surface area contributed by atoms with Gasteiger partial charge in [-0.05, 0) is 36.1 Å². The van der Waals surface area contributed by atoms with Gasteiger partial charge in [-0.1, -0.05) is 49.7 Å². The molecule has 1 atom stereocenters. The molecule has 1 N–H and O–H groups in total. The lowest BCUT2D eigenvalue weighted by atomic mass is 9.93. The standard InChI is InChI=1S/C19H21NO2/c1-2-3-12-22-18-11-7-4-8-14(18)13-16-15-9-5-6-10-17(15)20-19(16)21/h4-11,16H,2-3,12-13H2,1H3,(H,20,21)/t16-/m1/s1. The minimum atomic E-state index is -0.132. The van der Waals surface area contributed by atoms with Gasteiger partial charge in [-0.15, -0.1) is 0 Å². The van der Waals surface area contributed by atoms with Crippen molar-refractivity contribution in [3.63, 3.8) is 0 Å². The quantitative estimate of drug-likeness (QED) is 0.813. The zero-order chi connectivity index (χ0) is 15.4. The maximum absolute atomic E-state index is 12.3. The second-order valence-electron chi connectivity index (χ2n) is 5.64. The molecule has 114 valence electrons. The first-order valence-corrected chi connectivity index (χ1v) is 7.90. The van der Waals surface area contributed by atoms with Crippen LogP contribution in [0, 0.1) is 0 Å². The molecule has 0 aliphatic carbocycles. The molecule has 0 unspecified atom stereocenters. The normalized spacial score (nSPS) is 16.2.